The van der Waals surface area contributed by atoms with Gasteiger partial charge in [0.2, 0.25) is 0 Å². The number of hydrogen-bond donors (Lipinski definition) is 1. The van der Waals surface area contributed by atoms with Crippen LogP contribution < -0.4 is 5.32 Å². The maximum atomic E-state index is 11.6. The molecule has 2 saturated heterocycles. The van der Waals surface area contributed by atoms with Crippen LogP contribution in [0, 0.1) is 5.92 Å². The van der Waals surface area contributed by atoms with E-state index >= 15 is 0 Å². The average molecular weight is 203 g/mol. The van der Waals surface area contributed by atoms with Crippen molar-refractivity contribution in [2.24, 2.45) is 5.92 Å². The van der Waals surface area contributed by atoms with Gasteiger partial charge in [-0.1, -0.05) is 0 Å². The molecule has 2 aliphatic rings. The van der Waals surface area contributed by atoms with Crippen LogP contribution in [0.5, 0.6) is 0 Å². The third kappa shape index (κ3) is 1.89. The second-order valence-corrected chi connectivity index (χ2v) is 6.47. The Kier molecular flexibility index (Phi) is 2.60. The van der Waals surface area contributed by atoms with E-state index < -0.39 is 9.84 Å². The molecule has 0 amide bonds. The van der Waals surface area contributed by atoms with Gasteiger partial charge in [0.05, 0.1) is 11.0 Å². The molecule has 0 aromatic heterocycles. The molecule has 0 aromatic rings. The quantitative estimate of drug-likeness (QED) is 0.677. The van der Waals surface area contributed by atoms with Gasteiger partial charge < -0.3 is 5.32 Å². The fraction of sp³-hybridized carbons (Fsp3) is 1.00. The Hall–Kier alpha value is -0.0900. The SMILES string of the molecule is O=S1(=O)CCC[C@@H]1C1CCNCC1. The molecule has 2 heterocycles. The van der Waals surface area contributed by atoms with Gasteiger partial charge in [0, 0.05) is 0 Å². The third-order valence-electron chi connectivity index (χ3n) is 3.29. The van der Waals surface area contributed by atoms with Gasteiger partial charge in [-0.25, -0.2) is 8.42 Å². The van der Waals surface area contributed by atoms with Gasteiger partial charge >= 0.3 is 0 Å². The highest BCUT2D eigenvalue weighted by atomic mass is 32.2. The van der Waals surface area contributed by atoms with Crippen LogP contribution in [0.4, 0.5) is 0 Å². The topological polar surface area (TPSA) is 46.2 Å². The molecule has 1 atom stereocenters. The number of nitrogens with one attached hydrogen (secondary N) is 1. The fourth-order valence-electron chi connectivity index (χ4n) is 2.56. The first-order valence-electron chi connectivity index (χ1n) is 5.12. The molecule has 4 heteroatoms. The van der Waals surface area contributed by atoms with Gasteiger partial charge in [-0.2, -0.15) is 0 Å². The predicted octanol–water partition coefficient (Wildman–Crippen LogP) is 0.563. The van der Waals surface area contributed by atoms with E-state index in [4.69, 9.17) is 0 Å². The average Bonchev–Trinajstić information content (AvgIpc) is 2.47. The Bertz CT molecular complexity index is 267. The fourth-order valence-corrected chi connectivity index (χ4v) is 4.82. The van der Waals surface area contributed by atoms with Crippen LogP contribution in [0.1, 0.15) is 25.7 Å². The Balaban J connectivity index is 2.07. The van der Waals surface area contributed by atoms with Crippen molar-refractivity contribution in [2.45, 2.75) is 30.9 Å². The Morgan fingerprint density at radius 1 is 1.08 bits per heavy atom. The predicted molar refractivity (Wildman–Crippen MR) is 52.4 cm³/mol. The maximum absolute atomic E-state index is 11.6. The molecular formula is C9H17NO2S. The molecule has 0 unspecified atom stereocenters. The summed E-state index contributed by atoms with van der Waals surface area (Å²) in [5.41, 5.74) is 0. The number of piperidine rings is 1. The highest BCUT2D eigenvalue weighted by Crippen LogP contribution is 2.31. The van der Waals surface area contributed by atoms with Crippen molar-refractivity contribution in [3.8, 4) is 0 Å². The molecule has 3 nitrogen and oxygen atoms in total. The second-order valence-electron chi connectivity index (χ2n) is 4.14. The molecule has 0 aliphatic carbocycles. The lowest BCUT2D eigenvalue weighted by Crippen LogP contribution is -2.36. The summed E-state index contributed by atoms with van der Waals surface area (Å²) in [7, 11) is -2.71. The molecule has 0 saturated carbocycles. The summed E-state index contributed by atoms with van der Waals surface area (Å²) in [6.45, 7) is 1.99. The Morgan fingerprint density at radius 3 is 2.31 bits per heavy atom. The number of hydrogen-bond acceptors (Lipinski definition) is 3. The molecule has 2 rings (SSSR count). The largest absolute Gasteiger partial charge is 0.317 e. The van der Waals surface area contributed by atoms with Crippen molar-refractivity contribution in [2.75, 3.05) is 18.8 Å². The molecule has 2 aliphatic heterocycles. The molecule has 0 aromatic carbocycles. The van der Waals surface area contributed by atoms with Gasteiger partial charge in [0.1, 0.15) is 0 Å². The minimum absolute atomic E-state index is 0.00500. The van der Waals surface area contributed by atoms with Gasteiger partial charge in [-0.15, -0.1) is 0 Å². The minimum atomic E-state index is -2.71. The normalized spacial score (nSPS) is 34.9. The Labute approximate surface area is 79.8 Å². The van der Waals surface area contributed by atoms with Crippen molar-refractivity contribution < 1.29 is 8.42 Å². The van der Waals surface area contributed by atoms with Gasteiger partial charge in [-0.3, -0.25) is 0 Å². The summed E-state index contributed by atoms with van der Waals surface area (Å²) in [4.78, 5) is 0. The standard InChI is InChI=1S/C9H17NO2S/c11-13(12)7-1-2-9(13)8-3-5-10-6-4-8/h8-10H,1-7H2/t9-/m1/s1. The van der Waals surface area contributed by atoms with Crippen LogP contribution in [0.15, 0.2) is 0 Å². The minimum Gasteiger partial charge on any atom is -0.317 e. The van der Waals surface area contributed by atoms with Gasteiger partial charge in [-0.05, 0) is 44.7 Å². The van der Waals surface area contributed by atoms with E-state index in [1.165, 1.54) is 0 Å². The lowest BCUT2D eigenvalue weighted by molar-refractivity contribution is 0.353. The van der Waals surface area contributed by atoms with Crippen molar-refractivity contribution in [3.05, 3.63) is 0 Å². The summed E-state index contributed by atoms with van der Waals surface area (Å²) in [5, 5.41) is 3.27. The molecule has 13 heavy (non-hydrogen) atoms. The molecular weight excluding hydrogens is 186 g/mol. The maximum Gasteiger partial charge on any atom is 0.153 e. The van der Waals surface area contributed by atoms with Crippen molar-refractivity contribution in [3.63, 3.8) is 0 Å². The van der Waals surface area contributed by atoms with E-state index in [2.05, 4.69) is 5.32 Å². The van der Waals surface area contributed by atoms with E-state index in [9.17, 15) is 8.42 Å². The van der Waals surface area contributed by atoms with E-state index in [0.717, 1.165) is 38.8 Å². The smallest absolute Gasteiger partial charge is 0.153 e. The van der Waals surface area contributed by atoms with Crippen LogP contribution in [-0.2, 0) is 9.84 Å². The molecule has 0 bridgehead atoms. The first-order chi connectivity index (χ1) is 6.20. The van der Waals surface area contributed by atoms with E-state index in [1.807, 2.05) is 0 Å². The van der Waals surface area contributed by atoms with E-state index in [1.54, 1.807) is 0 Å². The lowest BCUT2D eigenvalue weighted by atomic mass is 9.92. The van der Waals surface area contributed by atoms with Crippen LogP contribution >= 0.6 is 0 Å². The Morgan fingerprint density at radius 2 is 1.77 bits per heavy atom. The van der Waals surface area contributed by atoms with Crippen molar-refractivity contribution in [1.29, 1.82) is 0 Å². The zero-order valence-corrected chi connectivity index (χ0v) is 8.65. The second kappa shape index (κ2) is 3.58. The third-order valence-corrected chi connectivity index (χ3v) is 5.69. The molecule has 1 N–H and O–H groups in total. The van der Waals surface area contributed by atoms with E-state index in [0.29, 0.717) is 11.7 Å². The van der Waals surface area contributed by atoms with Crippen LogP contribution in [0.25, 0.3) is 0 Å². The summed E-state index contributed by atoms with van der Waals surface area (Å²) in [5.74, 6) is 0.871. The molecule has 76 valence electrons. The molecule has 0 radical (unpaired) electrons. The summed E-state index contributed by atoms with van der Waals surface area (Å²) < 4.78 is 23.3. The van der Waals surface area contributed by atoms with Crippen LogP contribution in [0.3, 0.4) is 0 Å². The first kappa shape index (κ1) is 9.46. The van der Waals surface area contributed by atoms with Gasteiger partial charge in [0.15, 0.2) is 9.84 Å². The first-order valence-corrected chi connectivity index (χ1v) is 6.84. The molecule has 0 spiro atoms. The zero-order valence-electron chi connectivity index (χ0n) is 7.83. The summed E-state index contributed by atoms with van der Waals surface area (Å²) in [6.07, 6.45) is 3.89. The summed E-state index contributed by atoms with van der Waals surface area (Å²) >= 11 is 0. The summed E-state index contributed by atoms with van der Waals surface area (Å²) in [6, 6.07) is 0. The van der Waals surface area contributed by atoms with Crippen molar-refractivity contribution in [1.82, 2.24) is 5.32 Å². The zero-order chi connectivity index (χ0) is 9.31. The van der Waals surface area contributed by atoms with E-state index in [-0.39, 0.29) is 5.25 Å². The number of sulfone groups is 1. The highest BCUT2D eigenvalue weighted by molar-refractivity contribution is 7.92. The lowest BCUT2D eigenvalue weighted by Gasteiger charge is -2.27. The molecule has 2 fully saturated rings. The highest BCUT2D eigenvalue weighted by Gasteiger charge is 2.37. The van der Waals surface area contributed by atoms with Crippen LogP contribution in [-0.4, -0.2) is 32.5 Å². The monoisotopic (exact) mass is 203 g/mol. The van der Waals surface area contributed by atoms with Crippen LogP contribution in [0.2, 0.25) is 0 Å². The number of rotatable bonds is 1. The van der Waals surface area contributed by atoms with Crippen molar-refractivity contribution >= 4 is 9.84 Å². The van der Waals surface area contributed by atoms with Gasteiger partial charge in [0.25, 0.3) is 0 Å².